The first-order valence-corrected chi connectivity index (χ1v) is 7.89. The molecule has 0 atom stereocenters. The molecular formula is C17H13ClN4O3. The van der Waals surface area contributed by atoms with Crippen LogP contribution in [0.25, 0.3) is 11.3 Å². The van der Waals surface area contributed by atoms with E-state index in [9.17, 15) is 9.90 Å². The van der Waals surface area contributed by atoms with Crippen LogP contribution in [0.15, 0.2) is 36.8 Å². The molecule has 3 N–H and O–H groups in total. The number of aromatic amines is 1. The Labute approximate surface area is 147 Å². The quantitative estimate of drug-likeness (QED) is 0.669. The van der Waals surface area contributed by atoms with Crippen molar-refractivity contribution in [1.29, 1.82) is 0 Å². The minimum Gasteiger partial charge on any atom is -0.507 e. The second-order valence-corrected chi connectivity index (χ2v) is 6.02. The van der Waals surface area contributed by atoms with Gasteiger partial charge in [0.05, 0.1) is 24.5 Å². The molecule has 0 radical (unpaired) electrons. The van der Waals surface area contributed by atoms with Gasteiger partial charge >= 0.3 is 0 Å². The second-order valence-electron chi connectivity index (χ2n) is 5.58. The van der Waals surface area contributed by atoms with E-state index in [1.54, 1.807) is 24.5 Å². The van der Waals surface area contributed by atoms with Crippen LogP contribution in [0.4, 0.5) is 5.69 Å². The molecule has 3 aromatic rings. The molecular weight excluding hydrogens is 344 g/mol. The van der Waals surface area contributed by atoms with E-state index in [-0.39, 0.29) is 11.7 Å². The number of anilines is 1. The summed E-state index contributed by atoms with van der Waals surface area (Å²) in [6.45, 7) is 0.838. The number of carbonyl (C=O) groups excluding carboxylic acids is 1. The number of nitrogens with one attached hydrogen (secondary N) is 2. The van der Waals surface area contributed by atoms with Crippen LogP contribution < -0.4 is 5.32 Å². The van der Waals surface area contributed by atoms with Gasteiger partial charge in [0.15, 0.2) is 0 Å². The first-order valence-electron chi connectivity index (χ1n) is 7.51. The van der Waals surface area contributed by atoms with Crippen LogP contribution in [0.2, 0.25) is 5.02 Å². The van der Waals surface area contributed by atoms with E-state index < -0.39 is 0 Å². The van der Waals surface area contributed by atoms with Crippen molar-refractivity contribution >= 4 is 23.2 Å². The third-order valence-electron chi connectivity index (χ3n) is 4.00. The Morgan fingerprint density at radius 3 is 3.08 bits per heavy atom. The predicted molar refractivity (Wildman–Crippen MR) is 91.4 cm³/mol. The average Bonchev–Trinajstić information content (AvgIpc) is 3.25. The summed E-state index contributed by atoms with van der Waals surface area (Å²) in [6.07, 6.45) is 4.76. The third-order valence-corrected chi connectivity index (χ3v) is 4.23. The maximum Gasteiger partial charge on any atom is 0.257 e. The number of phenolic OH excluding ortho intramolecular Hbond substituents is 1. The van der Waals surface area contributed by atoms with Crippen LogP contribution in [0.3, 0.4) is 0 Å². The number of H-pyrrole nitrogens is 1. The molecule has 7 nitrogen and oxygen atoms in total. The molecule has 0 fully saturated rings. The van der Waals surface area contributed by atoms with E-state index >= 15 is 0 Å². The van der Waals surface area contributed by atoms with Gasteiger partial charge in [0.2, 0.25) is 0 Å². The zero-order chi connectivity index (χ0) is 17.4. The van der Waals surface area contributed by atoms with Crippen molar-refractivity contribution in [3.05, 3.63) is 58.5 Å². The van der Waals surface area contributed by atoms with Crippen LogP contribution in [0.5, 0.6) is 5.75 Å². The number of halogens is 1. The van der Waals surface area contributed by atoms with Crippen molar-refractivity contribution in [2.75, 3.05) is 5.32 Å². The summed E-state index contributed by atoms with van der Waals surface area (Å²) < 4.78 is 5.38. The molecule has 1 aliphatic heterocycles. The van der Waals surface area contributed by atoms with E-state index in [4.69, 9.17) is 16.3 Å². The van der Waals surface area contributed by atoms with Crippen LogP contribution in [-0.2, 0) is 18.0 Å². The number of hydrogen-bond acceptors (Lipinski definition) is 5. The Hall–Kier alpha value is -2.90. The summed E-state index contributed by atoms with van der Waals surface area (Å²) in [6, 6.07) is 4.63. The zero-order valence-electron chi connectivity index (χ0n) is 12.9. The normalized spacial score (nSPS) is 12.8. The number of carbonyl (C=O) groups is 1. The molecule has 0 saturated carbocycles. The number of aromatic nitrogens is 3. The highest BCUT2D eigenvalue weighted by Crippen LogP contribution is 2.35. The Bertz CT molecular complexity index is 970. The first-order chi connectivity index (χ1) is 12.1. The number of benzene rings is 1. The summed E-state index contributed by atoms with van der Waals surface area (Å²) in [4.78, 5) is 16.8. The molecule has 3 heterocycles. The van der Waals surface area contributed by atoms with Crippen LogP contribution in [-0.4, -0.2) is 26.2 Å². The number of amides is 1. The molecule has 0 spiro atoms. The standard InChI is InChI=1S/C17H13ClN4O3/c18-10-1-2-15(23)11(3-10)16-14(6-20-22-16)21-17(24)12-5-19-4-9-7-25-8-13(9)12/h1-6,23H,7-8H2,(H,20,22)(H,21,24). The molecule has 1 aliphatic rings. The van der Waals surface area contributed by atoms with Gasteiger partial charge in [0, 0.05) is 34.7 Å². The molecule has 1 amide bonds. The van der Waals surface area contributed by atoms with Gasteiger partial charge in [-0.15, -0.1) is 0 Å². The maximum atomic E-state index is 12.7. The largest absolute Gasteiger partial charge is 0.507 e. The lowest BCUT2D eigenvalue weighted by Crippen LogP contribution is -2.15. The van der Waals surface area contributed by atoms with Crippen LogP contribution in [0, 0.1) is 0 Å². The summed E-state index contributed by atoms with van der Waals surface area (Å²) in [5.41, 5.74) is 3.45. The van der Waals surface area contributed by atoms with Gasteiger partial charge in [-0.2, -0.15) is 5.10 Å². The van der Waals surface area contributed by atoms with Crippen molar-refractivity contribution in [3.8, 4) is 17.0 Å². The Morgan fingerprint density at radius 1 is 1.32 bits per heavy atom. The Kier molecular flexibility index (Phi) is 3.87. The zero-order valence-corrected chi connectivity index (χ0v) is 13.7. The molecule has 0 aliphatic carbocycles. The van der Waals surface area contributed by atoms with E-state index in [1.165, 1.54) is 12.3 Å². The second kappa shape index (κ2) is 6.19. The molecule has 25 heavy (non-hydrogen) atoms. The van der Waals surface area contributed by atoms with Crippen LogP contribution >= 0.6 is 11.6 Å². The summed E-state index contributed by atoms with van der Waals surface area (Å²) >= 11 is 5.99. The lowest BCUT2D eigenvalue weighted by atomic mass is 10.1. The Balaban J connectivity index is 1.67. The number of pyridine rings is 1. The topological polar surface area (TPSA) is 100 Å². The SMILES string of the molecule is O=C(Nc1c[nH]nc1-c1cc(Cl)ccc1O)c1cncc2c1COC2. The molecule has 2 aromatic heterocycles. The van der Waals surface area contributed by atoms with Crippen molar-refractivity contribution in [3.63, 3.8) is 0 Å². The van der Waals surface area contributed by atoms with Crippen molar-refractivity contribution in [2.24, 2.45) is 0 Å². The highest BCUT2D eigenvalue weighted by Gasteiger charge is 2.22. The molecule has 0 saturated heterocycles. The maximum absolute atomic E-state index is 12.7. The molecule has 0 bridgehead atoms. The molecule has 4 rings (SSSR count). The monoisotopic (exact) mass is 356 g/mol. The minimum atomic E-state index is -0.320. The van der Waals surface area contributed by atoms with Gasteiger partial charge in [-0.25, -0.2) is 0 Å². The molecule has 1 aromatic carbocycles. The summed E-state index contributed by atoms with van der Waals surface area (Å²) in [5.74, 6) is -0.304. The lowest BCUT2D eigenvalue weighted by Gasteiger charge is -2.09. The van der Waals surface area contributed by atoms with E-state index in [0.29, 0.717) is 40.7 Å². The van der Waals surface area contributed by atoms with E-state index in [0.717, 1.165) is 11.1 Å². The van der Waals surface area contributed by atoms with Gasteiger partial charge in [-0.05, 0) is 23.8 Å². The molecule has 8 heteroatoms. The number of fused-ring (bicyclic) bond motifs is 1. The van der Waals surface area contributed by atoms with Gasteiger partial charge < -0.3 is 15.2 Å². The average molecular weight is 357 g/mol. The number of rotatable bonds is 3. The predicted octanol–water partition coefficient (Wildman–Crippen LogP) is 3.11. The third kappa shape index (κ3) is 2.84. The van der Waals surface area contributed by atoms with Gasteiger partial charge in [-0.3, -0.25) is 14.9 Å². The molecule has 0 unspecified atom stereocenters. The number of nitrogens with zero attached hydrogens (tertiary/aromatic N) is 2. The van der Waals surface area contributed by atoms with Crippen molar-refractivity contribution in [2.45, 2.75) is 13.2 Å². The minimum absolute atomic E-state index is 0.0164. The number of aromatic hydroxyl groups is 1. The van der Waals surface area contributed by atoms with E-state index in [1.807, 2.05) is 0 Å². The highest BCUT2D eigenvalue weighted by molar-refractivity contribution is 6.31. The summed E-state index contributed by atoms with van der Waals surface area (Å²) in [5, 5.41) is 20.1. The molecule has 126 valence electrons. The summed E-state index contributed by atoms with van der Waals surface area (Å²) in [7, 11) is 0. The first kappa shape index (κ1) is 15.6. The van der Waals surface area contributed by atoms with Gasteiger partial charge in [0.1, 0.15) is 11.4 Å². The Morgan fingerprint density at radius 2 is 2.20 bits per heavy atom. The smallest absolute Gasteiger partial charge is 0.257 e. The lowest BCUT2D eigenvalue weighted by molar-refractivity contribution is 0.102. The van der Waals surface area contributed by atoms with Gasteiger partial charge in [-0.1, -0.05) is 11.6 Å². The van der Waals surface area contributed by atoms with Crippen molar-refractivity contribution in [1.82, 2.24) is 15.2 Å². The van der Waals surface area contributed by atoms with Crippen LogP contribution in [0.1, 0.15) is 21.5 Å². The number of phenols is 1. The fourth-order valence-corrected chi connectivity index (χ4v) is 2.93. The fraction of sp³-hybridized carbons (Fsp3) is 0.118. The fourth-order valence-electron chi connectivity index (χ4n) is 2.76. The van der Waals surface area contributed by atoms with Gasteiger partial charge in [0.25, 0.3) is 5.91 Å². The number of ether oxygens (including phenoxy) is 1. The van der Waals surface area contributed by atoms with E-state index in [2.05, 4.69) is 20.5 Å². The number of hydrogen-bond donors (Lipinski definition) is 3. The van der Waals surface area contributed by atoms with Crippen molar-refractivity contribution < 1.29 is 14.6 Å². The highest BCUT2D eigenvalue weighted by atomic mass is 35.5.